The lowest BCUT2D eigenvalue weighted by Gasteiger charge is -2.27. The second kappa shape index (κ2) is 5.38. The lowest BCUT2D eigenvalue weighted by atomic mass is 10.1. The normalized spacial score (nSPS) is 23.1. The number of nitrogens with one attached hydrogen (secondary N) is 1. The molecule has 1 aromatic carbocycles. The van der Waals surface area contributed by atoms with E-state index in [2.05, 4.69) is 21.2 Å². The Morgan fingerprint density at radius 2 is 2.22 bits per heavy atom. The molecule has 0 saturated carbocycles. The fraction of sp³-hybridized carbons (Fsp3) is 0.462. The number of rotatable bonds is 2. The molecule has 2 atom stereocenters. The van der Waals surface area contributed by atoms with Crippen molar-refractivity contribution >= 4 is 21.8 Å². The molecule has 18 heavy (non-hydrogen) atoms. The van der Waals surface area contributed by atoms with Crippen LogP contribution in [0.25, 0.3) is 0 Å². The van der Waals surface area contributed by atoms with Gasteiger partial charge < -0.3 is 15.3 Å². The minimum Gasteiger partial charge on any atom is -0.390 e. The molecular weight excluding hydrogens is 296 g/mol. The maximum absolute atomic E-state index is 12.4. The van der Waals surface area contributed by atoms with Crippen LogP contribution in [-0.2, 0) is 0 Å². The Bertz CT molecular complexity index is 464. The summed E-state index contributed by atoms with van der Waals surface area (Å²) in [5.74, 6) is -0.0541. The van der Waals surface area contributed by atoms with Gasteiger partial charge in [-0.3, -0.25) is 4.79 Å². The first-order valence-corrected chi connectivity index (χ1v) is 6.72. The quantitative estimate of drug-likeness (QED) is 0.861. The van der Waals surface area contributed by atoms with E-state index in [-0.39, 0.29) is 11.9 Å². The van der Waals surface area contributed by atoms with Crippen LogP contribution < -0.4 is 5.32 Å². The smallest absolute Gasteiger partial charge is 0.254 e. The summed E-state index contributed by atoms with van der Waals surface area (Å²) in [5, 5.41) is 12.9. The number of benzene rings is 1. The molecule has 98 valence electrons. The van der Waals surface area contributed by atoms with Crippen LogP contribution in [0.15, 0.2) is 22.7 Å². The van der Waals surface area contributed by atoms with Crippen molar-refractivity contribution in [1.82, 2.24) is 10.2 Å². The van der Waals surface area contributed by atoms with Crippen LogP contribution in [0.1, 0.15) is 15.9 Å². The SMILES string of the molecule is Cc1c(Br)cccc1C(=O)N(C)[C@@H]1CNC[C@H]1O. The Labute approximate surface area is 115 Å². The molecule has 5 heteroatoms. The van der Waals surface area contributed by atoms with E-state index in [0.717, 1.165) is 10.0 Å². The van der Waals surface area contributed by atoms with E-state index < -0.39 is 6.10 Å². The predicted octanol–water partition coefficient (Wildman–Crippen LogP) is 1.16. The molecule has 1 amide bonds. The second-order valence-electron chi connectivity index (χ2n) is 4.62. The molecule has 0 radical (unpaired) electrons. The number of aliphatic hydroxyl groups is 1. The Kier molecular flexibility index (Phi) is 4.04. The van der Waals surface area contributed by atoms with E-state index in [0.29, 0.717) is 18.7 Å². The zero-order valence-corrected chi connectivity index (χ0v) is 12.1. The first kappa shape index (κ1) is 13.5. The highest BCUT2D eigenvalue weighted by Gasteiger charge is 2.31. The lowest BCUT2D eigenvalue weighted by molar-refractivity contribution is 0.0580. The Hall–Kier alpha value is -0.910. The van der Waals surface area contributed by atoms with Gasteiger partial charge in [0, 0.05) is 30.2 Å². The van der Waals surface area contributed by atoms with Gasteiger partial charge in [0.15, 0.2) is 0 Å². The number of halogens is 1. The van der Waals surface area contributed by atoms with E-state index in [4.69, 9.17) is 0 Å². The van der Waals surface area contributed by atoms with Crippen LogP contribution in [0.4, 0.5) is 0 Å². The third kappa shape index (κ3) is 2.43. The van der Waals surface area contributed by atoms with Crippen LogP contribution in [0.2, 0.25) is 0 Å². The van der Waals surface area contributed by atoms with Crippen LogP contribution >= 0.6 is 15.9 Å². The third-order valence-electron chi connectivity index (χ3n) is 3.47. The van der Waals surface area contributed by atoms with Gasteiger partial charge >= 0.3 is 0 Å². The summed E-state index contributed by atoms with van der Waals surface area (Å²) in [7, 11) is 1.74. The van der Waals surface area contributed by atoms with Gasteiger partial charge in [-0.05, 0) is 24.6 Å². The van der Waals surface area contributed by atoms with Crippen molar-refractivity contribution in [2.45, 2.75) is 19.1 Å². The van der Waals surface area contributed by atoms with E-state index in [1.807, 2.05) is 25.1 Å². The molecule has 0 bridgehead atoms. The minimum absolute atomic E-state index is 0.0541. The van der Waals surface area contributed by atoms with Gasteiger partial charge in [-0.1, -0.05) is 22.0 Å². The third-order valence-corrected chi connectivity index (χ3v) is 4.33. The minimum atomic E-state index is -0.494. The van der Waals surface area contributed by atoms with Crippen molar-refractivity contribution in [2.75, 3.05) is 20.1 Å². The van der Waals surface area contributed by atoms with Gasteiger partial charge in [0.25, 0.3) is 5.91 Å². The Balaban J connectivity index is 2.23. The van der Waals surface area contributed by atoms with E-state index in [9.17, 15) is 9.90 Å². The molecular formula is C13H17BrN2O2. The highest BCUT2D eigenvalue weighted by molar-refractivity contribution is 9.10. The first-order valence-electron chi connectivity index (χ1n) is 5.93. The lowest BCUT2D eigenvalue weighted by Crippen LogP contribution is -2.44. The van der Waals surface area contributed by atoms with Crippen LogP contribution in [0.3, 0.4) is 0 Å². The number of carbonyl (C=O) groups is 1. The van der Waals surface area contributed by atoms with Crippen molar-refractivity contribution < 1.29 is 9.90 Å². The first-order chi connectivity index (χ1) is 8.52. The number of likely N-dealkylation sites (N-methyl/N-ethyl adjacent to an activating group) is 1. The number of amides is 1. The summed E-state index contributed by atoms with van der Waals surface area (Å²) in [5.41, 5.74) is 1.60. The molecule has 1 aliphatic rings. The molecule has 1 saturated heterocycles. The zero-order valence-electron chi connectivity index (χ0n) is 10.5. The number of hydrogen-bond donors (Lipinski definition) is 2. The maximum atomic E-state index is 12.4. The molecule has 1 aromatic rings. The van der Waals surface area contributed by atoms with E-state index in [1.54, 1.807) is 11.9 Å². The summed E-state index contributed by atoms with van der Waals surface area (Å²) < 4.78 is 0.923. The Morgan fingerprint density at radius 1 is 1.50 bits per heavy atom. The number of hydrogen-bond acceptors (Lipinski definition) is 3. The van der Waals surface area contributed by atoms with Gasteiger partial charge in [-0.2, -0.15) is 0 Å². The Morgan fingerprint density at radius 3 is 2.83 bits per heavy atom. The average Bonchev–Trinajstić information content (AvgIpc) is 2.77. The van der Waals surface area contributed by atoms with Gasteiger partial charge in [0.1, 0.15) is 0 Å². The summed E-state index contributed by atoms with van der Waals surface area (Å²) in [6.45, 7) is 3.09. The molecule has 1 fully saturated rings. The van der Waals surface area contributed by atoms with Gasteiger partial charge in [0.05, 0.1) is 12.1 Å². The summed E-state index contributed by atoms with van der Waals surface area (Å²) in [6, 6.07) is 5.42. The largest absolute Gasteiger partial charge is 0.390 e. The molecule has 2 N–H and O–H groups in total. The predicted molar refractivity (Wildman–Crippen MR) is 73.6 cm³/mol. The average molecular weight is 313 g/mol. The zero-order chi connectivity index (χ0) is 13.3. The van der Waals surface area contributed by atoms with Crippen LogP contribution in [-0.4, -0.2) is 48.2 Å². The molecule has 0 unspecified atom stereocenters. The van der Waals surface area contributed by atoms with Gasteiger partial charge in [-0.25, -0.2) is 0 Å². The summed E-state index contributed by atoms with van der Waals surface area (Å²) >= 11 is 3.43. The summed E-state index contributed by atoms with van der Waals surface area (Å²) in [4.78, 5) is 14.0. The van der Waals surface area contributed by atoms with Crippen molar-refractivity contribution in [3.63, 3.8) is 0 Å². The van der Waals surface area contributed by atoms with E-state index >= 15 is 0 Å². The summed E-state index contributed by atoms with van der Waals surface area (Å²) in [6.07, 6.45) is -0.494. The number of β-amino-alcohol motifs (C(OH)–C–C–N with tert-alkyl or cyclic N) is 1. The van der Waals surface area contributed by atoms with Crippen molar-refractivity contribution in [3.8, 4) is 0 Å². The van der Waals surface area contributed by atoms with Crippen molar-refractivity contribution in [2.24, 2.45) is 0 Å². The molecule has 0 aliphatic carbocycles. The molecule has 0 aromatic heterocycles. The second-order valence-corrected chi connectivity index (χ2v) is 5.48. The molecule has 0 spiro atoms. The van der Waals surface area contributed by atoms with Crippen molar-refractivity contribution in [1.29, 1.82) is 0 Å². The number of carbonyl (C=O) groups excluding carboxylic acids is 1. The van der Waals surface area contributed by atoms with Gasteiger partial charge in [0.2, 0.25) is 0 Å². The molecule has 1 heterocycles. The van der Waals surface area contributed by atoms with Crippen LogP contribution in [0.5, 0.6) is 0 Å². The topological polar surface area (TPSA) is 52.6 Å². The number of nitrogens with zero attached hydrogens (tertiary/aromatic N) is 1. The van der Waals surface area contributed by atoms with Crippen molar-refractivity contribution in [3.05, 3.63) is 33.8 Å². The molecule has 1 aliphatic heterocycles. The fourth-order valence-electron chi connectivity index (χ4n) is 2.23. The number of aliphatic hydroxyl groups excluding tert-OH is 1. The van der Waals surface area contributed by atoms with Crippen LogP contribution in [0, 0.1) is 6.92 Å². The maximum Gasteiger partial charge on any atom is 0.254 e. The van der Waals surface area contributed by atoms with Gasteiger partial charge in [-0.15, -0.1) is 0 Å². The fourth-order valence-corrected chi connectivity index (χ4v) is 2.59. The van der Waals surface area contributed by atoms with E-state index in [1.165, 1.54) is 0 Å². The highest BCUT2D eigenvalue weighted by Crippen LogP contribution is 2.21. The monoisotopic (exact) mass is 312 g/mol. The molecule has 2 rings (SSSR count). The highest BCUT2D eigenvalue weighted by atomic mass is 79.9. The molecule has 4 nitrogen and oxygen atoms in total. The standard InChI is InChI=1S/C13H17BrN2O2/c1-8-9(4-3-5-10(8)14)13(18)16(2)11-6-15-7-12(11)17/h3-5,11-12,15,17H,6-7H2,1-2H3/t11-,12-/m1/s1.